The van der Waals surface area contributed by atoms with Crippen molar-refractivity contribution in [3.63, 3.8) is 0 Å². The first-order valence-corrected chi connectivity index (χ1v) is 14.6. The lowest BCUT2D eigenvalue weighted by molar-refractivity contribution is -0.139. The zero-order chi connectivity index (χ0) is 29.4. The fraction of sp³-hybridized carbons (Fsp3) is 0.484. The van der Waals surface area contributed by atoms with E-state index in [1.807, 2.05) is 68.1 Å². The van der Waals surface area contributed by atoms with Gasteiger partial charge in [-0.05, 0) is 66.0 Å². The van der Waals surface area contributed by atoms with E-state index in [-0.39, 0.29) is 17.7 Å². The molecule has 0 bridgehead atoms. The fourth-order valence-electron chi connectivity index (χ4n) is 5.75. The number of carbonyl (C=O) groups excluding carboxylic acids is 3. The number of rotatable bonds is 12. The summed E-state index contributed by atoms with van der Waals surface area (Å²) in [5.41, 5.74) is 9.53. The Bertz CT molecular complexity index is 1320. The molecule has 2 unspecified atom stereocenters. The summed E-state index contributed by atoms with van der Waals surface area (Å²) in [6, 6.07) is 15.3. The first-order chi connectivity index (χ1) is 19.8. The SMILES string of the molecule is CCCC(C(=O)N[C@H]1CCCCN(Cc2cccc(-c3ccccc3-c3nn[nH]n3)c2)C1=O)C(CC(C)C)C(N)=O. The standard InChI is InChI=1S/C31H41N7O3/c1-4-10-25(26(28(32)39)17-20(2)3)30(40)33-27-15-7-8-16-38(31(27)41)19-21-11-9-12-22(18-21)23-13-5-6-14-24(23)29-34-36-37-35-29/h5-6,9,11-14,18,20,25-27H,4,7-8,10,15-17,19H2,1-3H3,(H2,32,39)(H,33,40)(H,34,35,36,37)/t25?,26?,27-/m0/s1. The lowest BCUT2D eigenvalue weighted by Crippen LogP contribution is -2.50. The van der Waals surface area contributed by atoms with Crippen LogP contribution in [0, 0.1) is 17.8 Å². The van der Waals surface area contributed by atoms with Gasteiger partial charge in [-0.15, -0.1) is 10.2 Å². The third-order valence-corrected chi connectivity index (χ3v) is 7.73. The maximum absolute atomic E-state index is 13.7. The highest BCUT2D eigenvalue weighted by atomic mass is 16.2. The number of H-pyrrole nitrogens is 1. The summed E-state index contributed by atoms with van der Waals surface area (Å²) in [5, 5.41) is 17.5. The van der Waals surface area contributed by atoms with Gasteiger partial charge in [0, 0.05) is 30.5 Å². The summed E-state index contributed by atoms with van der Waals surface area (Å²) >= 11 is 0. The molecule has 10 nitrogen and oxygen atoms in total. The zero-order valence-electron chi connectivity index (χ0n) is 24.2. The Hall–Kier alpha value is -4.08. The maximum atomic E-state index is 13.7. The molecule has 41 heavy (non-hydrogen) atoms. The number of nitrogens with one attached hydrogen (secondary N) is 2. The van der Waals surface area contributed by atoms with Gasteiger partial charge < -0.3 is 16.0 Å². The van der Waals surface area contributed by atoms with Crippen molar-refractivity contribution >= 4 is 17.7 Å². The van der Waals surface area contributed by atoms with Gasteiger partial charge in [-0.3, -0.25) is 14.4 Å². The van der Waals surface area contributed by atoms with Crippen molar-refractivity contribution < 1.29 is 14.4 Å². The molecule has 0 aliphatic carbocycles. The molecule has 1 aliphatic rings. The topological polar surface area (TPSA) is 147 Å². The number of nitrogens with zero attached hydrogens (tertiary/aromatic N) is 4. The van der Waals surface area contributed by atoms with Gasteiger partial charge in [0.15, 0.2) is 0 Å². The molecule has 10 heteroatoms. The number of nitrogens with two attached hydrogens (primary N) is 1. The minimum Gasteiger partial charge on any atom is -0.369 e. The van der Waals surface area contributed by atoms with Crippen LogP contribution < -0.4 is 11.1 Å². The van der Waals surface area contributed by atoms with Gasteiger partial charge >= 0.3 is 0 Å². The number of hydrogen-bond donors (Lipinski definition) is 3. The van der Waals surface area contributed by atoms with Crippen molar-refractivity contribution in [3.05, 3.63) is 54.1 Å². The van der Waals surface area contributed by atoms with E-state index < -0.39 is 23.8 Å². The molecule has 2 aromatic carbocycles. The maximum Gasteiger partial charge on any atom is 0.245 e. The van der Waals surface area contributed by atoms with Crippen LogP contribution in [0.1, 0.15) is 64.9 Å². The van der Waals surface area contributed by atoms with Gasteiger partial charge in [-0.1, -0.05) is 69.7 Å². The summed E-state index contributed by atoms with van der Waals surface area (Å²) in [5.74, 6) is -1.16. The van der Waals surface area contributed by atoms with Crippen molar-refractivity contribution in [1.82, 2.24) is 30.8 Å². The van der Waals surface area contributed by atoms with Crippen LogP contribution in [0.2, 0.25) is 0 Å². The number of benzene rings is 2. The molecule has 218 valence electrons. The molecule has 3 aromatic rings. The molecule has 1 fully saturated rings. The molecular formula is C31H41N7O3. The molecule has 3 amide bonds. The van der Waals surface area contributed by atoms with Crippen molar-refractivity contribution in [2.24, 2.45) is 23.5 Å². The Labute approximate surface area is 241 Å². The number of tetrazole rings is 1. The molecular weight excluding hydrogens is 518 g/mol. The third-order valence-electron chi connectivity index (χ3n) is 7.73. The number of likely N-dealkylation sites (tertiary alicyclic amines) is 1. The van der Waals surface area contributed by atoms with Gasteiger partial charge in [0.1, 0.15) is 6.04 Å². The summed E-state index contributed by atoms with van der Waals surface area (Å²) < 4.78 is 0. The molecule has 0 saturated carbocycles. The minimum atomic E-state index is -0.626. The highest BCUT2D eigenvalue weighted by Gasteiger charge is 2.35. The molecule has 1 aliphatic heterocycles. The van der Waals surface area contributed by atoms with Crippen molar-refractivity contribution in [2.45, 2.75) is 71.9 Å². The molecule has 0 spiro atoms. The molecule has 1 aromatic heterocycles. The quantitative estimate of drug-likeness (QED) is 0.304. The van der Waals surface area contributed by atoms with Crippen LogP contribution in [0.5, 0.6) is 0 Å². The second-order valence-corrected chi connectivity index (χ2v) is 11.3. The lowest BCUT2D eigenvalue weighted by Gasteiger charge is -2.29. The van der Waals surface area contributed by atoms with Crippen LogP contribution >= 0.6 is 0 Å². The third kappa shape index (κ3) is 7.56. The molecule has 2 heterocycles. The van der Waals surface area contributed by atoms with E-state index in [2.05, 4.69) is 32.0 Å². The van der Waals surface area contributed by atoms with E-state index in [1.165, 1.54) is 0 Å². The molecule has 4 N–H and O–H groups in total. The Kier molecular flexibility index (Phi) is 10.2. The molecule has 3 atom stereocenters. The van der Waals surface area contributed by atoms with Crippen LogP contribution in [0.25, 0.3) is 22.5 Å². The monoisotopic (exact) mass is 559 g/mol. The number of carbonyl (C=O) groups is 3. The number of aromatic amines is 1. The van der Waals surface area contributed by atoms with Gasteiger partial charge in [0.05, 0.1) is 0 Å². The van der Waals surface area contributed by atoms with E-state index in [0.717, 1.165) is 41.5 Å². The summed E-state index contributed by atoms with van der Waals surface area (Å²) in [4.78, 5) is 41.3. The van der Waals surface area contributed by atoms with E-state index >= 15 is 0 Å². The number of aromatic nitrogens is 4. The highest BCUT2D eigenvalue weighted by Crippen LogP contribution is 2.31. The average molecular weight is 560 g/mol. The van der Waals surface area contributed by atoms with Crippen molar-refractivity contribution in [2.75, 3.05) is 6.54 Å². The first-order valence-electron chi connectivity index (χ1n) is 14.6. The number of amides is 3. The summed E-state index contributed by atoms with van der Waals surface area (Å²) in [6.07, 6.45) is 4.10. The average Bonchev–Trinajstić information content (AvgIpc) is 3.45. The fourth-order valence-corrected chi connectivity index (χ4v) is 5.75. The summed E-state index contributed by atoms with van der Waals surface area (Å²) in [7, 11) is 0. The van der Waals surface area contributed by atoms with Crippen LogP contribution in [0.15, 0.2) is 48.5 Å². The number of hydrogen-bond acceptors (Lipinski definition) is 6. The van der Waals surface area contributed by atoms with Crippen LogP contribution in [-0.2, 0) is 20.9 Å². The number of primary amides is 1. The smallest absolute Gasteiger partial charge is 0.245 e. The van der Waals surface area contributed by atoms with E-state index in [0.29, 0.717) is 38.2 Å². The van der Waals surface area contributed by atoms with Gasteiger partial charge in [-0.25, -0.2) is 0 Å². The van der Waals surface area contributed by atoms with Crippen LogP contribution in [0.4, 0.5) is 0 Å². The predicted octanol–water partition coefficient (Wildman–Crippen LogP) is 4.09. The highest BCUT2D eigenvalue weighted by molar-refractivity contribution is 5.91. The Morgan fingerprint density at radius 1 is 1.10 bits per heavy atom. The van der Waals surface area contributed by atoms with Gasteiger partial charge in [0.25, 0.3) is 0 Å². The first kappa shape index (κ1) is 29.9. The normalized spacial score (nSPS) is 17.2. The summed E-state index contributed by atoms with van der Waals surface area (Å²) in [6.45, 7) is 7.06. The van der Waals surface area contributed by atoms with Crippen LogP contribution in [0.3, 0.4) is 0 Å². The Morgan fingerprint density at radius 3 is 2.56 bits per heavy atom. The second kappa shape index (κ2) is 14.0. The Morgan fingerprint density at radius 2 is 1.88 bits per heavy atom. The van der Waals surface area contributed by atoms with Crippen molar-refractivity contribution in [1.29, 1.82) is 0 Å². The minimum absolute atomic E-state index is 0.0943. The second-order valence-electron chi connectivity index (χ2n) is 11.3. The molecule has 1 saturated heterocycles. The largest absolute Gasteiger partial charge is 0.369 e. The Balaban J connectivity index is 1.51. The van der Waals surface area contributed by atoms with Gasteiger partial charge in [-0.2, -0.15) is 5.21 Å². The zero-order valence-corrected chi connectivity index (χ0v) is 24.2. The lowest BCUT2D eigenvalue weighted by atomic mass is 9.81. The van der Waals surface area contributed by atoms with Crippen LogP contribution in [-0.4, -0.2) is 55.8 Å². The van der Waals surface area contributed by atoms with E-state index in [4.69, 9.17) is 5.73 Å². The van der Waals surface area contributed by atoms with E-state index in [1.54, 1.807) is 0 Å². The van der Waals surface area contributed by atoms with E-state index in [9.17, 15) is 14.4 Å². The van der Waals surface area contributed by atoms with Gasteiger partial charge in [0.2, 0.25) is 23.5 Å². The molecule has 0 radical (unpaired) electrons. The van der Waals surface area contributed by atoms with Crippen molar-refractivity contribution in [3.8, 4) is 22.5 Å². The molecule has 4 rings (SSSR count). The predicted molar refractivity (Wildman–Crippen MR) is 157 cm³/mol.